The van der Waals surface area contributed by atoms with Crippen molar-refractivity contribution in [3.05, 3.63) is 40.4 Å². The molecule has 0 atom stereocenters. The third kappa shape index (κ3) is 2.45. The Hall–Kier alpha value is -1.88. The Labute approximate surface area is 103 Å². The Morgan fingerprint density at radius 1 is 1.35 bits per heavy atom. The van der Waals surface area contributed by atoms with E-state index in [0.717, 1.165) is 16.8 Å². The molecule has 17 heavy (non-hydrogen) atoms. The number of anilines is 2. The second-order valence-corrected chi connectivity index (χ2v) is 4.85. The molecular formula is C12H13N3OS. The van der Waals surface area contributed by atoms with Gasteiger partial charge in [-0.3, -0.25) is 4.79 Å². The highest BCUT2D eigenvalue weighted by Crippen LogP contribution is 2.22. The molecule has 88 valence electrons. The van der Waals surface area contributed by atoms with Gasteiger partial charge in [-0.25, -0.2) is 4.98 Å². The number of nitrogens with one attached hydrogen (secondary N) is 1. The summed E-state index contributed by atoms with van der Waals surface area (Å²) < 4.78 is 0. The van der Waals surface area contributed by atoms with Crippen LogP contribution < -0.4 is 11.1 Å². The number of carbonyl (C=O) groups excluding carboxylic acids is 1. The van der Waals surface area contributed by atoms with Gasteiger partial charge in [-0.1, -0.05) is 29.5 Å². The summed E-state index contributed by atoms with van der Waals surface area (Å²) >= 11 is 1.18. The van der Waals surface area contributed by atoms with E-state index in [0.29, 0.717) is 10.0 Å². The topological polar surface area (TPSA) is 68.0 Å². The zero-order chi connectivity index (χ0) is 12.4. The number of amides is 1. The van der Waals surface area contributed by atoms with Crippen LogP contribution in [0.5, 0.6) is 0 Å². The van der Waals surface area contributed by atoms with Crippen molar-refractivity contribution in [3.8, 4) is 0 Å². The fraction of sp³-hybridized carbons (Fsp3) is 0.167. The van der Waals surface area contributed by atoms with E-state index in [4.69, 9.17) is 5.73 Å². The van der Waals surface area contributed by atoms with Crippen LogP contribution in [-0.2, 0) is 0 Å². The van der Waals surface area contributed by atoms with Crippen LogP contribution in [0.3, 0.4) is 0 Å². The molecule has 0 radical (unpaired) electrons. The Kier molecular flexibility index (Phi) is 3.10. The van der Waals surface area contributed by atoms with Crippen LogP contribution in [0.2, 0.25) is 0 Å². The number of thiazole rings is 1. The van der Waals surface area contributed by atoms with E-state index in [-0.39, 0.29) is 5.91 Å². The summed E-state index contributed by atoms with van der Waals surface area (Å²) in [6.45, 7) is 3.92. The first-order valence-electron chi connectivity index (χ1n) is 5.17. The summed E-state index contributed by atoms with van der Waals surface area (Å²) in [6, 6.07) is 5.89. The number of para-hydroxylation sites is 1. The molecule has 0 aliphatic rings. The molecule has 0 saturated carbocycles. The number of nitrogens with zero attached hydrogens (tertiary/aromatic N) is 1. The van der Waals surface area contributed by atoms with Crippen LogP contribution in [0, 0.1) is 13.8 Å². The van der Waals surface area contributed by atoms with Gasteiger partial charge in [-0.2, -0.15) is 0 Å². The maximum absolute atomic E-state index is 11.9. The average Bonchev–Trinajstić information content (AvgIpc) is 2.70. The molecule has 0 aliphatic carbocycles. The molecule has 5 heteroatoms. The van der Waals surface area contributed by atoms with E-state index in [2.05, 4.69) is 10.3 Å². The van der Waals surface area contributed by atoms with Crippen LogP contribution in [0.15, 0.2) is 24.4 Å². The lowest BCUT2D eigenvalue weighted by Crippen LogP contribution is -2.12. The second kappa shape index (κ2) is 4.55. The number of hydrogen-bond donors (Lipinski definition) is 2. The summed E-state index contributed by atoms with van der Waals surface area (Å²) in [5.41, 5.74) is 8.42. The van der Waals surface area contributed by atoms with Crippen LogP contribution in [0.25, 0.3) is 0 Å². The van der Waals surface area contributed by atoms with E-state index in [1.54, 1.807) is 0 Å². The number of aromatic nitrogens is 1. The largest absolute Gasteiger partial charge is 0.375 e. The monoisotopic (exact) mass is 247 g/mol. The summed E-state index contributed by atoms with van der Waals surface area (Å²) in [7, 11) is 0. The SMILES string of the molecule is Cc1cccc(C)c1NC(=O)c1cnc(N)s1. The van der Waals surface area contributed by atoms with Gasteiger partial charge in [0.1, 0.15) is 4.88 Å². The smallest absolute Gasteiger partial charge is 0.267 e. The molecule has 1 heterocycles. The molecule has 1 amide bonds. The van der Waals surface area contributed by atoms with Crippen LogP contribution in [-0.4, -0.2) is 10.9 Å². The zero-order valence-corrected chi connectivity index (χ0v) is 10.5. The van der Waals surface area contributed by atoms with Gasteiger partial charge in [0.25, 0.3) is 5.91 Å². The van der Waals surface area contributed by atoms with Gasteiger partial charge in [-0.15, -0.1) is 0 Å². The Balaban J connectivity index is 2.24. The number of nitrogen functional groups attached to an aromatic ring is 1. The fourth-order valence-corrected chi connectivity index (χ4v) is 2.16. The minimum absolute atomic E-state index is 0.170. The molecule has 0 bridgehead atoms. The van der Waals surface area contributed by atoms with Crippen molar-refractivity contribution in [2.24, 2.45) is 0 Å². The van der Waals surface area contributed by atoms with Crippen molar-refractivity contribution in [3.63, 3.8) is 0 Å². The number of carbonyl (C=O) groups is 1. The molecule has 4 nitrogen and oxygen atoms in total. The van der Waals surface area contributed by atoms with Crippen molar-refractivity contribution in [1.82, 2.24) is 4.98 Å². The van der Waals surface area contributed by atoms with Crippen molar-refractivity contribution in [2.75, 3.05) is 11.1 Å². The standard InChI is InChI=1S/C12H13N3OS/c1-7-4-3-5-8(2)10(7)15-11(16)9-6-14-12(13)17-9/h3-6H,1-2H3,(H2,13,14)(H,15,16). The lowest BCUT2D eigenvalue weighted by Gasteiger charge is -2.10. The Morgan fingerprint density at radius 2 is 2.00 bits per heavy atom. The summed E-state index contributed by atoms with van der Waals surface area (Å²) in [4.78, 5) is 16.3. The first-order chi connectivity index (χ1) is 8.08. The molecule has 3 N–H and O–H groups in total. The Bertz CT molecular complexity index is 542. The molecule has 1 aromatic heterocycles. The molecule has 2 rings (SSSR count). The molecule has 0 saturated heterocycles. The van der Waals surface area contributed by atoms with E-state index in [1.165, 1.54) is 17.5 Å². The van der Waals surface area contributed by atoms with Gasteiger partial charge >= 0.3 is 0 Å². The van der Waals surface area contributed by atoms with E-state index < -0.39 is 0 Å². The van der Waals surface area contributed by atoms with Gasteiger partial charge in [0.15, 0.2) is 5.13 Å². The first kappa shape index (κ1) is 11.6. The molecular weight excluding hydrogens is 234 g/mol. The fourth-order valence-electron chi connectivity index (χ4n) is 1.58. The van der Waals surface area contributed by atoms with E-state index in [9.17, 15) is 4.79 Å². The number of hydrogen-bond acceptors (Lipinski definition) is 4. The summed E-state index contributed by atoms with van der Waals surface area (Å²) in [5.74, 6) is -0.170. The molecule has 0 aliphatic heterocycles. The maximum atomic E-state index is 11.9. The molecule has 2 aromatic rings. The van der Waals surface area contributed by atoms with Gasteiger partial charge in [0, 0.05) is 5.69 Å². The quantitative estimate of drug-likeness (QED) is 0.857. The van der Waals surface area contributed by atoms with Crippen LogP contribution in [0.4, 0.5) is 10.8 Å². The lowest BCUT2D eigenvalue weighted by atomic mass is 10.1. The highest BCUT2D eigenvalue weighted by atomic mass is 32.1. The average molecular weight is 247 g/mol. The predicted molar refractivity (Wildman–Crippen MR) is 70.4 cm³/mol. The van der Waals surface area contributed by atoms with Crippen LogP contribution >= 0.6 is 11.3 Å². The highest BCUT2D eigenvalue weighted by molar-refractivity contribution is 7.17. The third-order valence-corrected chi connectivity index (χ3v) is 3.29. The van der Waals surface area contributed by atoms with E-state index in [1.807, 2.05) is 32.0 Å². The number of nitrogens with two attached hydrogens (primary N) is 1. The molecule has 0 spiro atoms. The predicted octanol–water partition coefficient (Wildman–Crippen LogP) is 2.59. The molecule has 0 unspecified atom stereocenters. The Morgan fingerprint density at radius 3 is 2.53 bits per heavy atom. The minimum atomic E-state index is -0.170. The number of benzene rings is 1. The van der Waals surface area contributed by atoms with Gasteiger partial charge in [-0.05, 0) is 25.0 Å². The van der Waals surface area contributed by atoms with E-state index >= 15 is 0 Å². The number of aryl methyl sites for hydroxylation is 2. The third-order valence-electron chi connectivity index (χ3n) is 2.47. The first-order valence-corrected chi connectivity index (χ1v) is 5.98. The minimum Gasteiger partial charge on any atom is -0.375 e. The molecule has 0 fully saturated rings. The van der Waals surface area contributed by atoms with Crippen molar-refractivity contribution < 1.29 is 4.79 Å². The van der Waals surface area contributed by atoms with Gasteiger partial charge < -0.3 is 11.1 Å². The zero-order valence-electron chi connectivity index (χ0n) is 9.65. The van der Waals surface area contributed by atoms with Gasteiger partial charge in [0.05, 0.1) is 6.20 Å². The molecule has 1 aromatic carbocycles. The summed E-state index contributed by atoms with van der Waals surface area (Å²) in [6.07, 6.45) is 1.49. The van der Waals surface area contributed by atoms with Crippen LogP contribution in [0.1, 0.15) is 20.8 Å². The normalized spacial score (nSPS) is 10.2. The maximum Gasteiger partial charge on any atom is 0.267 e. The highest BCUT2D eigenvalue weighted by Gasteiger charge is 2.11. The lowest BCUT2D eigenvalue weighted by molar-refractivity contribution is 0.103. The van der Waals surface area contributed by atoms with Gasteiger partial charge in [0.2, 0.25) is 0 Å². The van der Waals surface area contributed by atoms with Crippen molar-refractivity contribution >= 4 is 28.1 Å². The summed E-state index contributed by atoms with van der Waals surface area (Å²) in [5, 5.41) is 3.28. The van der Waals surface area contributed by atoms with Crippen molar-refractivity contribution in [1.29, 1.82) is 0 Å². The number of rotatable bonds is 2. The van der Waals surface area contributed by atoms with Crippen molar-refractivity contribution in [2.45, 2.75) is 13.8 Å². The second-order valence-electron chi connectivity index (χ2n) is 3.78.